The van der Waals surface area contributed by atoms with Crippen LogP contribution >= 0.6 is 0 Å². The predicted molar refractivity (Wildman–Crippen MR) is 42.5 cm³/mol. The van der Waals surface area contributed by atoms with Gasteiger partial charge in [0.1, 0.15) is 6.54 Å². The van der Waals surface area contributed by atoms with Gasteiger partial charge >= 0.3 is 0 Å². The van der Waals surface area contributed by atoms with Crippen LogP contribution in [0.25, 0.3) is 0 Å². The van der Waals surface area contributed by atoms with Gasteiger partial charge in [0.15, 0.2) is 0 Å². The van der Waals surface area contributed by atoms with Crippen molar-refractivity contribution in [2.45, 2.75) is 18.9 Å². The van der Waals surface area contributed by atoms with E-state index in [0.717, 1.165) is 25.9 Å². The average Bonchev–Trinajstić information content (AvgIpc) is 2.07. The summed E-state index contributed by atoms with van der Waals surface area (Å²) < 4.78 is 5.39. The summed E-state index contributed by atoms with van der Waals surface area (Å²) in [5.74, 6) is 0. The molecule has 0 atom stereocenters. The van der Waals surface area contributed by atoms with Crippen LogP contribution in [0.15, 0.2) is 5.18 Å². The molecule has 1 heterocycles. The molecule has 0 saturated carbocycles. The van der Waals surface area contributed by atoms with Gasteiger partial charge < -0.3 is 10.1 Å². The molecule has 0 aromatic heterocycles. The lowest BCUT2D eigenvalue weighted by Gasteiger charge is -2.22. The van der Waals surface area contributed by atoms with Crippen LogP contribution in [-0.4, -0.2) is 32.3 Å². The van der Waals surface area contributed by atoms with Gasteiger partial charge in [-0.15, -0.1) is 0 Å². The lowest BCUT2D eigenvalue weighted by molar-refractivity contribution is 0.0380. The Bertz CT molecular complexity index is 113. The van der Waals surface area contributed by atoms with Crippen molar-refractivity contribution in [2.24, 2.45) is 5.18 Å². The molecule has 0 unspecified atom stereocenters. The summed E-state index contributed by atoms with van der Waals surface area (Å²) in [6.45, 7) is 2.82. The van der Waals surface area contributed by atoms with E-state index in [1.165, 1.54) is 0 Å². The summed E-state index contributed by atoms with van der Waals surface area (Å²) in [5.41, 5.74) is 0. The number of nitrogens with one attached hydrogen (secondary N) is 1. The van der Waals surface area contributed by atoms with E-state index in [9.17, 15) is 4.91 Å². The zero-order valence-corrected chi connectivity index (χ0v) is 6.58. The summed E-state index contributed by atoms with van der Waals surface area (Å²) in [7, 11) is 0. The Morgan fingerprint density at radius 2 is 2.18 bits per heavy atom. The Hall–Kier alpha value is -0.480. The SMILES string of the molecule is O=NCCOC1CCNCC1. The summed E-state index contributed by atoms with van der Waals surface area (Å²) in [4.78, 5) is 9.70. The second kappa shape index (κ2) is 5.21. The largest absolute Gasteiger partial charge is 0.376 e. The minimum absolute atomic E-state index is 0.282. The van der Waals surface area contributed by atoms with Crippen molar-refractivity contribution in [1.82, 2.24) is 5.32 Å². The molecule has 1 rings (SSSR count). The smallest absolute Gasteiger partial charge is 0.104 e. The predicted octanol–water partition coefficient (Wildman–Crippen LogP) is 0.521. The van der Waals surface area contributed by atoms with Gasteiger partial charge in [0.25, 0.3) is 0 Å². The number of rotatable bonds is 4. The van der Waals surface area contributed by atoms with Crippen molar-refractivity contribution < 1.29 is 4.74 Å². The molecule has 11 heavy (non-hydrogen) atoms. The maximum Gasteiger partial charge on any atom is 0.104 e. The second-order valence-electron chi connectivity index (χ2n) is 2.67. The van der Waals surface area contributed by atoms with Crippen LogP contribution in [0.3, 0.4) is 0 Å². The van der Waals surface area contributed by atoms with Crippen LogP contribution in [0.4, 0.5) is 0 Å². The minimum atomic E-state index is 0.282. The molecule has 0 bridgehead atoms. The molecule has 0 aromatic carbocycles. The third-order valence-electron chi connectivity index (χ3n) is 1.82. The first-order chi connectivity index (χ1) is 5.43. The highest BCUT2D eigenvalue weighted by Gasteiger charge is 2.12. The van der Waals surface area contributed by atoms with E-state index in [-0.39, 0.29) is 6.54 Å². The molecule has 4 nitrogen and oxygen atoms in total. The van der Waals surface area contributed by atoms with E-state index in [1.807, 2.05) is 0 Å². The number of ether oxygens (including phenoxy) is 1. The lowest BCUT2D eigenvalue weighted by Crippen LogP contribution is -2.32. The fraction of sp³-hybridized carbons (Fsp3) is 1.00. The van der Waals surface area contributed by atoms with E-state index >= 15 is 0 Å². The van der Waals surface area contributed by atoms with Crippen molar-refractivity contribution in [1.29, 1.82) is 0 Å². The van der Waals surface area contributed by atoms with Crippen LogP contribution in [0, 0.1) is 4.91 Å². The number of hydrogen-bond acceptors (Lipinski definition) is 4. The Balaban J connectivity index is 2.00. The molecule has 1 saturated heterocycles. The van der Waals surface area contributed by atoms with Crippen LogP contribution < -0.4 is 5.32 Å². The second-order valence-corrected chi connectivity index (χ2v) is 2.67. The van der Waals surface area contributed by atoms with Gasteiger partial charge in [0.05, 0.1) is 12.7 Å². The molecule has 64 valence electrons. The molecule has 1 N–H and O–H groups in total. The van der Waals surface area contributed by atoms with Crippen LogP contribution in [0.2, 0.25) is 0 Å². The topological polar surface area (TPSA) is 50.7 Å². The Labute approximate surface area is 66.3 Å². The number of nitroso groups, excluding NO2 is 1. The zero-order valence-electron chi connectivity index (χ0n) is 6.58. The van der Waals surface area contributed by atoms with Crippen molar-refractivity contribution in [3.8, 4) is 0 Å². The van der Waals surface area contributed by atoms with Crippen molar-refractivity contribution in [3.05, 3.63) is 4.91 Å². The van der Waals surface area contributed by atoms with Gasteiger partial charge in [-0.05, 0) is 25.9 Å². The molecule has 0 spiro atoms. The maximum absolute atomic E-state index is 9.70. The van der Waals surface area contributed by atoms with Crippen LogP contribution in [-0.2, 0) is 4.74 Å². The first-order valence-electron chi connectivity index (χ1n) is 4.05. The first-order valence-corrected chi connectivity index (χ1v) is 4.05. The van der Waals surface area contributed by atoms with Gasteiger partial charge in [0, 0.05) is 0 Å². The maximum atomic E-state index is 9.70. The number of piperidine rings is 1. The van der Waals surface area contributed by atoms with Crippen LogP contribution in [0.1, 0.15) is 12.8 Å². The third-order valence-corrected chi connectivity index (χ3v) is 1.82. The summed E-state index contributed by atoms with van der Waals surface area (Å²) in [6.07, 6.45) is 2.45. The minimum Gasteiger partial charge on any atom is -0.376 e. The normalized spacial score (nSPS) is 20.0. The summed E-state index contributed by atoms with van der Waals surface area (Å²) in [6, 6.07) is 0. The molecule has 0 amide bonds. The number of hydrogen-bond donors (Lipinski definition) is 1. The van der Waals surface area contributed by atoms with Gasteiger partial charge in [-0.25, -0.2) is 0 Å². The summed E-state index contributed by atoms with van der Waals surface area (Å²) in [5, 5.41) is 5.97. The standard InChI is InChI=1S/C7H14N2O2/c10-9-5-6-11-7-1-3-8-4-2-7/h7-8H,1-6H2. The van der Waals surface area contributed by atoms with Crippen molar-refractivity contribution in [2.75, 3.05) is 26.2 Å². The van der Waals surface area contributed by atoms with Crippen molar-refractivity contribution in [3.63, 3.8) is 0 Å². The molecular formula is C7H14N2O2. The van der Waals surface area contributed by atoms with E-state index < -0.39 is 0 Å². The molecule has 0 aromatic rings. The average molecular weight is 158 g/mol. The molecular weight excluding hydrogens is 144 g/mol. The lowest BCUT2D eigenvalue weighted by atomic mass is 10.1. The molecule has 0 aliphatic carbocycles. The highest BCUT2D eigenvalue weighted by molar-refractivity contribution is 4.67. The molecule has 4 heteroatoms. The van der Waals surface area contributed by atoms with Crippen molar-refractivity contribution >= 4 is 0 Å². The van der Waals surface area contributed by atoms with E-state index in [4.69, 9.17) is 4.74 Å². The first kappa shape index (κ1) is 8.62. The summed E-state index contributed by atoms with van der Waals surface area (Å²) >= 11 is 0. The monoisotopic (exact) mass is 158 g/mol. The van der Waals surface area contributed by atoms with Gasteiger partial charge in [-0.1, -0.05) is 5.18 Å². The fourth-order valence-electron chi connectivity index (χ4n) is 1.22. The molecule has 1 fully saturated rings. The third kappa shape index (κ3) is 3.43. The van der Waals surface area contributed by atoms with Gasteiger partial charge in [-0.2, -0.15) is 4.91 Å². The fourth-order valence-corrected chi connectivity index (χ4v) is 1.22. The highest BCUT2D eigenvalue weighted by atomic mass is 16.5. The quantitative estimate of drug-likeness (QED) is 0.479. The highest BCUT2D eigenvalue weighted by Crippen LogP contribution is 2.06. The van der Waals surface area contributed by atoms with Gasteiger partial charge in [0.2, 0.25) is 0 Å². The van der Waals surface area contributed by atoms with E-state index in [2.05, 4.69) is 10.5 Å². The van der Waals surface area contributed by atoms with Gasteiger partial charge in [-0.3, -0.25) is 0 Å². The molecule has 1 aliphatic rings. The molecule has 0 radical (unpaired) electrons. The Morgan fingerprint density at radius 1 is 1.45 bits per heavy atom. The Morgan fingerprint density at radius 3 is 2.82 bits per heavy atom. The zero-order chi connectivity index (χ0) is 7.94. The number of nitrogens with zero attached hydrogens (tertiary/aromatic N) is 1. The van der Waals surface area contributed by atoms with E-state index in [1.54, 1.807) is 0 Å². The Kier molecular flexibility index (Phi) is 4.08. The van der Waals surface area contributed by atoms with Crippen LogP contribution in [0.5, 0.6) is 0 Å². The molecule has 1 aliphatic heterocycles. The van der Waals surface area contributed by atoms with E-state index in [0.29, 0.717) is 12.7 Å².